The van der Waals surface area contributed by atoms with Crippen LogP contribution < -0.4 is 0 Å². The van der Waals surface area contributed by atoms with E-state index in [1.54, 1.807) is 0 Å². The average Bonchev–Trinajstić information content (AvgIpc) is 2.19. The van der Waals surface area contributed by atoms with Crippen LogP contribution in [0.1, 0.15) is 47.5 Å². The Hall–Kier alpha value is -1.46. The summed E-state index contributed by atoms with van der Waals surface area (Å²) in [7, 11) is 0. The van der Waals surface area contributed by atoms with Crippen molar-refractivity contribution in [2.24, 2.45) is 5.41 Å². The highest BCUT2D eigenvalue weighted by molar-refractivity contribution is 5.94. The highest BCUT2D eigenvalue weighted by Crippen LogP contribution is 2.30. The number of alkyl halides is 1. The number of hydrogen-bond donors (Lipinski definition) is 0. The Balaban J connectivity index is 4.05. The van der Waals surface area contributed by atoms with Gasteiger partial charge in [-0.1, -0.05) is 20.8 Å². The largest absolute Gasteiger partial charge is 0.462 e. The molecule has 1 unspecified atom stereocenters. The molecule has 0 bridgehead atoms. The van der Waals surface area contributed by atoms with Gasteiger partial charge in [0.1, 0.15) is 25.4 Å². The summed E-state index contributed by atoms with van der Waals surface area (Å²) in [5.41, 5.74) is -2.43. The normalized spacial score (nSPS) is 14.3. The number of halogens is 1. The third kappa shape index (κ3) is 8.61. The lowest BCUT2D eigenvalue weighted by Crippen LogP contribution is -2.36. The summed E-state index contributed by atoms with van der Waals surface area (Å²) in [4.78, 5) is 33.2. The van der Waals surface area contributed by atoms with Crippen molar-refractivity contribution in [3.63, 3.8) is 0 Å². The molecule has 116 valence electrons. The van der Waals surface area contributed by atoms with Crippen molar-refractivity contribution in [3.05, 3.63) is 0 Å². The first-order valence-electron chi connectivity index (χ1n) is 6.45. The minimum atomic E-state index is -2.08. The number of carbonyl (C=O) groups excluding carboxylic acids is 3. The molecular weight excluding hydrogens is 267 g/mol. The zero-order chi connectivity index (χ0) is 16.0. The Morgan fingerprint density at radius 2 is 1.50 bits per heavy atom. The molecule has 0 N–H and O–H groups in total. The van der Waals surface area contributed by atoms with Crippen molar-refractivity contribution in [2.75, 3.05) is 13.2 Å². The fraction of sp³-hybridized carbons (Fsp3) is 0.786. The van der Waals surface area contributed by atoms with E-state index in [9.17, 15) is 18.8 Å². The topological polar surface area (TPSA) is 69.7 Å². The van der Waals surface area contributed by atoms with Gasteiger partial charge in [0.15, 0.2) is 0 Å². The molecule has 5 nitrogen and oxygen atoms in total. The highest BCUT2D eigenvalue weighted by Gasteiger charge is 2.38. The first kappa shape index (κ1) is 18.5. The summed E-state index contributed by atoms with van der Waals surface area (Å²) in [6, 6.07) is 0. The second-order valence-corrected chi connectivity index (χ2v) is 6.17. The van der Waals surface area contributed by atoms with E-state index in [1.807, 2.05) is 20.8 Å². The van der Waals surface area contributed by atoms with Gasteiger partial charge in [0.25, 0.3) is 0 Å². The van der Waals surface area contributed by atoms with Crippen LogP contribution in [0.5, 0.6) is 0 Å². The number of Topliss-reactive ketones (excluding diaryl/α,β-unsaturated/α-hetero) is 1. The Kier molecular flexibility index (Phi) is 6.82. The van der Waals surface area contributed by atoms with Crippen molar-refractivity contribution in [1.82, 2.24) is 0 Å². The molecule has 0 fully saturated rings. The number of ketones is 1. The minimum Gasteiger partial charge on any atom is -0.462 e. The molecule has 1 atom stereocenters. The molecule has 20 heavy (non-hydrogen) atoms. The van der Waals surface area contributed by atoms with Crippen LogP contribution in [0.2, 0.25) is 0 Å². The predicted octanol–water partition coefficient (Wildman–Crippen LogP) is 2.22. The van der Waals surface area contributed by atoms with Crippen LogP contribution in [0, 0.1) is 5.41 Å². The van der Waals surface area contributed by atoms with Crippen LogP contribution in [-0.4, -0.2) is 36.6 Å². The van der Waals surface area contributed by atoms with Gasteiger partial charge >= 0.3 is 11.9 Å². The summed E-state index contributed by atoms with van der Waals surface area (Å²) < 4.78 is 23.5. The van der Waals surface area contributed by atoms with Crippen LogP contribution in [0.25, 0.3) is 0 Å². The first-order valence-corrected chi connectivity index (χ1v) is 6.45. The van der Waals surface area contributed by atoms with Gasteiger partial charge in [-0.3, -0.25) is 9.59 Å². The molecular formula is C14H23FO5. The van der Waals surface area contributed by atoms with Gasteiger partial charge in [0, 0.05) is 0 Å². The number of carbonyl (C=O) groups is 3. The Bertz CT molecular complexity index is 368. The van der Waals surface area contributed by atoms with E-state index in [1.165, 1.54) is 13.8 Å². The SMILES string of the molecule is CC(=O)CC(=O)OCCOC(=O)C(C)(F)CC(C)(C)C. The standard InChI is InChI=1S/C14H23FO5/c1-10(16)8-11(17)19-6-7-20-12(18)14(5,15)9-13(2,3)4/h6-9H2,1-5H3. The van der Waals surface area contributed by atoms with Crippen molar-refractivity contribution >= 4 is 17.7 Å². The lowest BCUT2D eigenvalue weighted by molar-refractivity contribution is -0.163. The van der Waals surface area contributed by atoms with Crippen molar-refractivity contribution in [2.45, 2.75) is 53.1 Å². The summed E-state index contributed by atoms with van der Waals surface area (Å²) >= 11 is 0. The van der Waals surface area contributed by atoms with E-state index < -0.39 is 17.6 Å². The maximum Gasteiger partial charge on any atom is 0.343 e. The molecule has 0 heterocycles. The van der Waals surface area contributed by atoms with E-state index in [2.05, 4.69) is 4.74 Å². The molecule has 0 aliphatic heterocycles. The van der Waals surface area contributed by atoms with Crippen LogP contribution in [0.4, 0.5) is 4.39 Å². The van der Waals surface area contributed by atoms with Gasteiger partial charge in [-0.15, -0.1) is 0 Å². The van der Waals surface area contributed by atoms with Crippen molar-refractivity contribution in [3.8, 4) is 0 Å². The van der Waals surface area contributed by atoms with Crippen LogP contribution in [0.3, 0.4) is 0 Å². The lowest BCUT2D eigenvalue weighted by atomic mass is 9.84. The van der Waals surface area contributed by atoms with Crippen LogP contribution in [0.15, 0.2) is 0 Å². The van der Waals surface area contributed by atoms with Crippen LogP contribution >= 0.6 is 0 Å². The fourth-order valence-corrected chi connectivity index (χ4v) is 1.76. The highest BCUT2D eigenvalue weighted by atomic mass is 19.1. The summed E-state index contributed by atoms with van der Waals surface area (Å²) in [6.45, 7) is 7.48. The molecule has 0 spiro atoms. The molecule has 0 rings (SSSR count). The third-order valence-corrected chi connectivity index (χ3v) is 2.26. The number of esters is 2. The van der Waals surface area contributed by atoms with Gasteiger partial charge in [0.2, 0.25) is 5.67 Å². The van der Waals surface area contributed by atoms with E-state index >= 15 is 0 Å². The zero-order valence-electron chi connectivity index (χ0n) is 12.7. The Morgan fingerprint density at radius 3 is 1.95 bits per heavy atom. The Labute approximate surface area is 118 Å². The summed E-state index contributed by atoms with van der Waals surface area (Å²) in [6.07, 6.45) is -0.290. The molecule has 0 aromatic rings. The minimum absolute atomic E-state index is 0.0307. The lowest BCUT2D eigenvalue weighted by Gasteiger charge is -2.27. The molecule has 0 saturated heterocycles. The smallest absolute Gasteiger partial charge is 0.343 e. The number of hydrogen-bond acceptors (Lipinski definition) is 5. The predicted molar refractivity (Wildman–Crippen MR) is 70.8 cm³/mol. The van der Waals surface area contributed by atoms with E-state index in [-0.39, 0.29) is 37.3 Å². The van der Waals surface area contributed by atoms with Gasteiger partial charge in [-0.25, -0.2) is 9.18 Å². The van der Waals surface area contributed by atoms with Crippen LogP contribution in [-0.2, 0) is 23.9 Å². The molecule has 0 aromatic heterocycles. The molecule has 0 aliphatic rings. The molecule has 0 aromatic carbocycles. The first-order chi connectivity index (χ1) is 8.94. The number of ether oxygens (including phenoxy) is 2. The second kappa shape index (κ2) is 7.36. The van der Waals surface area contributed by atoms with E-state index in [0.717, 1.165) is 0 Å². The van der Waals surface area contributed by atoms with Gasteiger partial charge in [-0.05, 0) is 25.7 Å². The maximum absolute atomic E-state index is 14.1. The number of rotatable bonds is 7. The quantitative estimate of drug-likeness (QED) is 0.408. The fourth-order valence-electron chi connectivity index (χ4n) is 1.76. The summed E-state index contributed by atoms with van der Waals surface area (Å²) in [5.74, 6) is -1.98. The molecule has 0 aliphatic carbocycles. The summed E-state index contributed by atoms with van der Waals surface area (Å²) in [5, 5.41) is 0. The monoisotopic (exact) mass is 290 g/mol. The zero-order valence-corrected chi connectivity index (χ0v) is 12.7. The molecule has 0 saturated carbocycles. The van der Waals surface area contributed by atoms with Gasteiger partial charge in [0.05, 0.1) is 0 Å². The van der Waals surface area contributed by atoms with E-state index in [0.29, 0.717) is 0 Å². The van der Waals surface area contributed by atoms with Crippen molar-refractivity contribution < 1.29 is 28.2 Å². The Morgan fingerprint density at radius 1 is 1.00 bits per heavy atom. The third-order valence-electron chi connectivity index (χ3n) is 2.26. The van der Waals surface area contributed by atoms with Crippen molar-refractivity contribution in [1.29, 1.82) is 0 Å². The molecule has 6 heteroatoms. The molecule has 0 radical (unpaired) electrons. The second-order valence-electron chi connectivity index (χ2n) is 6.17. The average molecular weight is 290 g/mol. The van der Waals surface area contributed by atoms with E-state index in [4.69, 9.17) is 4.74 Å². The maximum atomic E-state index is 14.1. The molecule has 0 amide bonds. The van der Waals surface area contributed by atoms with Gasteiger partial charge < -0.3 is 9.47 Å². The van der Waals surface area contributed by atoms with Gasteiger partial charge in [-0.2, -0.15) is 0 Å².